The molecule has 96 valence electrons. The monoisotopic (exact) mass is 250 g/mol. The van der Waals surface area contributed by atoms with Crippen molar-refractivity contribution >= 4 is 15.7 Å². The van der Waals surface area contributed by atoms with Crippen LogP contribution in [0.3, 0.4) is 0 Å². The number of amides is 1. The third-order valence-corrected chi connectivity index (χ3v) is 3.82. The second kappa shape index (κ2) is 5.63. The second-order valence-electron chi connectivity index (χ2n) is 4.47. The van der Waals surface area contributed by atoms with Crippen LogP contribution in [0.1, 0.15) is 20.3 Å². The molecule has 0 aromatic heterocycles. The van der Waals surface area contributed by atoms with Gasteiger partial charge in [-0.2, -0.15) is 0 Å². The summed E-state index contributed by atoms with van der Waals surface area (Å²) in [5.74, 6) is -0.110. The van der Waals surface area contributed by atoms with Gasteiger partial charge in [-0.05, 0) is 13.3 Å². The van der Waals surface area contributed by atoms with Crippen LogP contribution in [0.15, 0.2) is 0 Å². The van der Waals surface area contributed by atoms with Crippen molar-refractivity contribution in [3.05, 3.63) is 0 Å². The predicted molar refractivity (Wildman–Crippen MR) is 64.8 cm³/mol. The summed E-state index contributed by atoms with van der Waals surface area (Å²) in [7, 11) is -1.43. The van der Waals surface area contributed by atoms with Crippen molar-refractivity contribution in [2.45, 2.75) is 20.3 Å². The predicted octanol–water partition coefficient (Wildman–Crippen LogP) is -0.136. The molecule has 0 heterocycles. The maximum absolute atomic E-state index is 12.0. The Morgan fingerprint density at radius 3 is 2.25 bits per heavy atom. The van der Waals surface area contributed by atoms with Crippen molar-refractivity contribution in [3.8, 4) is 0 Å². The number of rotatable bonds is 6. The normalized spacial score (nSPS) is 15.6. The zero-order chi connectivity index (χ0) is 13.0. The van der Waals surface area contributed by atoms with Gasteiger partial charge < -0.3 is 10.6 Å². The number of nitrogens with zero attached hydrogens (tertiary/aromatic N) is 1. The van der Waals surface area contributed by atoms with Gasteiger partial charge in [0.05, 0.1) is 11.2 Å². The molecule has 1 unspecified atom stereocenters. The van der Waals surface area contributed by atoms with E-state index in [-0.39, 0.29) is 24.7 Å². The van der Waals surface area contributed by atoms with Crippen molar-refractivity contribution in [1.82, 2.24) is 4.90 Å². The van der Waals surface area contributed by atoms with Crippen molar-refractivity contribution in [2.75, 3.05) is 32.1 Å². The highest BCUT2D eigenvalue weighted by Crippen LogP contribution is 2.21. The van der Waals surface area contributed by atoms with Crippen molar-refractivity contribution in [3.63, 3.8) is 0 Å². The Labute approximate surface area is 97.9 Å². The molecule has 0 spiro atoms. The first-order valence-electron chi connectivity index (χ1n) is 5.29. The summed E-state index contributed by atoms with van der Waals surface area (Å²) in [6.45, 7) is 4.18. The summed E-state index contributed by atoms with van der Waals surface area (Å²) >= 11 is 0. The van der Waals surface area contributed by atoms with Gasteiger partial charge in [-0.1, -0.05) is 6.92 Å². The van der Waals surface area contributed by atoms with Gasteiger partial charge in [-0.25, -0.2) is 8.42 Å². The highest BCUT2D eigenvalue weighted by molar-refractivity contribution is 7.90. The molecule has 0 aromatic carbocycles. The molecule has 0 fully saturated rings. The zero-order valence-electron chi connectivity index (χ0n) is 10.5. The van der Waals surface area contributed by atoms with Crippen LogP contribution in [-0.4, -0.2) is 51.4 Å². The fourth-order valence-corrected chi connectivity index (χ4v) is 1.85. The summed E-state index contributed by atoms with van der Waals surface area (Å²) in [4.78, 5) is 13.4. The molecule has 0 rings (SSSR count). The van der Waals surface area contributed by atoms with Crippen LogP contribution in [0.25, 0.3) is 0 Å². The van der Waals surface area contributed by atoms with Crippen LogP contribution in [0, 0.1) is 5.41 Å². The van der Waals surface area contributed by atoms with E-state index in [0.717, 1.165) is 6.26 Å². The molecule has 5 nitrogen and oxygen atoms in total. The van der Waals surface area contributed by atoms with E-state index < -0.39 is 15.3 Å². The quantitative estimate of drug-likeness (QED) is 0.712. The summed E-state index contributed by atoms with van der Waals surface area (Å²) in [6, 6.07) is 0. The number of carbonyl (C=O) groups is 1. The van der Waals surface area contributed by atoms with Gasteiger partial charge >= 0.3 is 0 Å². The van der Waals surface area contributed by atoms with Gasteiger partial charge in [-0.15, -0.1) is 0 Å². The topological polar surface area (TPSA) is 80.5 Å². The van der Waals surface area contributed by atoms with Crippen LogP contribution < -0.4 is 5.73 Å². The smallest absolute Gasteiger partial charge is 0.229 e. The van der Waals surface area contributed by atoms with E-state index in [0.29, 0.717) is 6.42 Å². The maximum atomic E-state index is 12.0. The Morgan fingerprint density at radius 1 is 1.44 bits per heavy atom. The fourth-order valence-electron chi connectivity index (χ4n) is 1.25. The van der Waals surface area contributed by atoms with Gasteiger partial charge in [0.25, 0.3) is 0 Å². The number of hydrogen-bond donors (Lipinski definition) is 1. The molecule has 6 heteroatoms. The highest BCUT2D eigenvalue weighted by atomic mass is 32.2. The number of nitrogens with two attached hydrogens (primary N) is 1. The molecule has 0 radical (unpaired) electrons. The summed E-state index contributed by atoms with van der Waals surface area (Å²) in [6.07, 6.45) is 1.80. The van der Waals surface area contributed by atoms with E-state index in [1.807, 2.05) is 6.92 Å². The third-order valence-electron chi connectivity index (χ3n) is 2.89. The minimum absolute atomic E-state index is 0.0143. The minimum atomic E-state index is -3.04. The largest absolute Gasteiger partial charge is 0.344 e. The van der Waals surface area contributed by atoms with Crippen molar-refractivity contribution in [1.29, 1.82) is 0 Å². The van der Waals surface area contributed by atoms with Gasteiger partial charge in [0, 0.05) is 26.4 Å². The average molecular weight is 250 g/mol. The Bertz CT molecular complexity index is 334. The first-order chi connectivity index (χ1) is 7.16. The Balaban J connectivity index is 4.50. The summed E-state index contributed by atoms with van der Waals surface area (Å²) in [5, 5.41) is 0. The van der Waals surface area contributed by atoms with Crippen molar-refractivity contribution in [2.24, 2.45) is 11.1 Å². The van der Waals surface area contributed by atoms with Crippen LogP contribution in [0.2, 0.25) is 0 Å². The molecule has 1 amide bonds. The van der Waals surface area contributed by atoms with Gasteiger partial charge in [0.2, 0.25) is 5.91 Å². The molecule has 0 aliphatic heterocycles. The standard InChI is InChI=1S/C10H22N2O3S/c1-5-10(2,8-11)9(13)12(3)6-7-16(4,14)15/h5-8,11H2,1-4H3. The van der Waals surface area contributed by atoms with E-state index in [9.17, 15) is 13.2 Å². The van der Waals surface area contributed by atoms with E-state index in [4.69, 9.17) is 5.73 Å². The second-order valence-corrected chi connectivity index (χ2v) is 6.73. The van der Waals surface area contributed by atoms with Crippen LogP contribution in [-0.2, 0) is 14.6 Å². The molecule has 2 N–H and O–H groups in total. The molecule has 0 aliphatic rings. The SMILES string of the molecule is CCC(C)(CN)C(=O)N(C)CCS(C)(=O)=O. The van der Waals surface area contributed by atoms with E-state index >= 15 is 0 Å². The van der Waals surface area contributed by atoms with E-state index in [1.54, 1.807) is 14.0 Å². The average Bonchev–Trinajstić information content (AvgIpc) is 2.22. The maximum Gasteiger partial charge on any atom is 0.229 e. The molecule has 16 heavy (non-hydrogen) atoms. The van der Waals surface area contributed by atoms with Crippen LogP contribution >= 0.6 is 0 Å². The first-order valence-corrected chi connectivity index (χ1v) is 7.35. The van der Waals surface area contributed by atoms with Gasteiger partial charge in [0.1, 0.15) is 9.84 Å². The lowest BCUT2D eigenvalue weighted by Gasteiger charge is -2.30. The fraction of sp³-hybridized carbons (Fsp3) is 0.900. The first kappa shape index (κ1) is 15.4. The number of hydrogen-bond acceptors (Lipinski definition) is 4. The molecular formula is C10H22N2O3S. The van der Waals surface area contributed by atoms with Crippen LogP contribution in [0.4, 0.5) is 0 Å². The molecular weight excluding hydrogens is 228 g/mol. The lowest BCUT2D eigenvalue weighted by atomic mass is 9.86. The zero-order valence-corrected chi connectivity index (χ0v) is 11.3. The molecule has 1 atom stereocenters. The number of carbonyl (C=O) groups excluding carboxylic acids is 1. The van der Waals surface area contributed by atoms with E-state index in [2.05, 4.69) is 0 Å². The van der Waals surface area contributed by atoms with Gasteiger partial charge in [0.15, 0.2) is 0 Å². The van der Waals surface area contributed by atoms with E-state index in [1.165, 1.54) is 4.90 Å². The third kappa shape index (κ3) is 4.49. The lowest BCUT2D eigenvalue weighted by Crippen LogP contribution is -2.45. The summed E-state index contributed by atoms with van der Waals surface area (Å²) in [5.41, 5.74) is 4.98. The molecule has 0 saturated heterocycles. The molecule has 0 bridgehead atoms. The van der Waals surface area contributed by atoms with Crippen molar-refractivity contribution < 1.29 is 13.2 Å². The Morgan fingerprint density at radius 2 is 1.94 bits per heavy atom. The molecule has 0 aliphatic carbocycles. The Kier molecular flexibility index (Phi) is 5.41. The lowest BCUT2D eigenvalue weighted by molar-refractivity contribution is -0.139. The summed E-state index contributed by atoms with van der Waals surface area (Å²) < 4.78 is 22.0. The molecule has 0 aromatic rings. The van der Waals surface area contributed by atoms with Gasteiger partial charge in [-0.3, -0.25) is 4.79 Å². The molecule has 0 saturated carbocycles. The Hall–Kier alpha value is -0.620. The van der Waals surface area contributed by atoms with Crippen LogP contribution in [0.5, 0.6) is 0 Å². The minimum Gasteiger partial charge on any atom is -0.344 e. The number of sulfone groups is 1. The highest BCUT2D eigenvalue weighted by Gasteiger charge is 2.32.